The van der Waals surface area contributed by atoms with Gasteiger partial charge in [0.05, 0.1) is 12.3 Å². The minimum atomic E-state index is -0.0113. The predicted octanol–water partition coefficient (Wildman–Crippen LogP) is 1.47. The van der Waals surface area contributed by atoms with E-state index in [4.69, 9.17) is 4.42 Å². The van der Waals surface area contributed by atoms with E-state index in [0.717, 1.165) is 31.6 Å². The molecule has 2 N–H and O–H groups in total. The summed E-state index contributed by atoms with van der Waals surface area (Å²) in [6.07, 6.45) is 5.65. The molecule has 0 bridgehead atoms. The Hall–Kier alpha value is -1.29. The lowest BCUT2D eigenvalue weighted by Gasteiger charge is -2.24. The summed E-state index contributed by atoms with van der Waals surface area (Å²) in [6, 6.07) is 3.90. The Morgan fingerprint density at radius 2 is 2.53 bits per heavy atom. The summed E-state index contributed by atoms with van der Waals surface area (Å²) < 4.78 is 5.26. The first-order chi connectivity index (χ1) is 8.25. The van der Waals surface area contributed by atoms with Crippen LogP contribution in [-0.4, -0.2) is 24.5 Å². The number of carbonyl (C=O) groups excluding carboxylic acids is 1. The number of hydrogen-bond acceptors (Lipinski definition) is 3. The Kier molecular flexibility index (Phi) is 4.20. The fraction of sp³-hybridized carbons (Fsp3) is 0.615. The van der Waals surface area contributed by atoms with Gasteiger partial charge in [-0.1, -0.05) is 6.42 Å². The molecular weight excluding hydrogens is 216 g/mol. The molecule has 1 amide bonds. The molecule has 0 saturated carbocycles. The van der Waals surface area contributed by atoms with E-state index in [1.165, 1.54) is 6.42 Å². The molecule has 1 aliphatic rings. The van der Waals surface area contributed by atoms with Crippen molar-refractivity contribution in [1.82, 2.24) is 10.6 Å². The highest BCUT2D eigenvalue weighted by Gasteiger charge is 2.21. The van der Waals surface area contributed by atoms with Crippen LogP contribution < -0.4 is 10.6 Å². The molecule has 1 aromatic rings. The van der Waals surface area contributed by atoms with Crippen LogP contribution in [0, 0.1) is 0 Å². The largest absolute Gasteiger partial charge is 0.469 e. The molecule has 17 heavy (non-hydrogen) atoms. The van der Waals surface area contributed by atoms with Crippen LogP contribution in [0.2, 0.25) is 0 Å². The number of carbonyl (C=O) groups is 1. The average Bonchev–Trinajstić information content (AvgIpc) is 2.82. The third-order valence-electron chi connectivity index (χ3n) is 3.10. The molecule has 0 radical (unpaired) electrons. The second-order valence-corrected chi connectivity index (χ2v) is 4.70. The van der Waals surface area contributed by atoms with Gasteiger partial charge in [0, 0.05) is 12.5 Å². The van der Waals surface area contributed by atoms with Crippen LogP contribution in [0.5, 0.6) is 0 Å². The summed E-state index contributed by atoms with van der Waals surface area (Å²) in [5.41, 5.74) is 0. The fourth-order valence-corrected chi connectivity index (χ4v) is 2.20. The van der Waals surface area contributed by atoms with Crippen LogP contribution in [0.1, 0.15) is 31.9 Å². The summed E-state index contributed by atoms with van der Waals surface area (Å²) in [5, 5.41) is 6.27. The van der Waals surface area contributed by atoms with Gasteiger partial charge >= 0.3 is 0 Å². The molecule has 4 heteroatoms. The maximum absolute atomic E-state index is 11.9. The van der Waals surface area contributed by atoms with E-state index in [-0.39, 0.29) is 18.0 Å². The Morgan fingerprint density at radius 3 is 3.18 bits per heavy atom. The van der Waals surface area contributed by atoms with Crippen LogP contribution in [0.15, 0.2) is 22.8 Å². The molecule has 1 saturated heterocycles. The van der Waals surface area contributed by atoms with E-state index >= 15 is 0 Å². The molecule has 0 aromatic carbocycles. The Morgan fingerprint density at radius 1 is 1.65 bits per heavy atom. The number of hydrogen-bond donors (Lipinski definition) is 2. The highest BCUT2D eigenvalue weighted by molar-refractivity contribution is 5.82. The van der Waals surface area contributed by atoms with Gasteiger partial charge in [0.25, 0.3) is 0 Å². The molecule has 1 aliphatic heterocycles. The van der Waals surface area contributed by atoms with Gasteiger partial charge in [0.15, 0.2) is 0 Å². The molecule has 0 aliphatic carbocycles. The highest BCUT2D eigenvalue weighted by atomic mass is 16.3. The van der Waals surface area contributed by atoms with Crippen molar-refractivity contribution in [2.75, 3.05) is 6.54 Å². The summed E-state index contributed by atoms with van der Waals surface area (Å²) >= 11 is 0. The summed E-state index contributed by atoms with van der Waals surface area (Å²) in [5.74, 6) is 1.03. The average molecular weight is 236 g/mol. The zero-order valence-corrected chi connectivity index (χ0v) is 10.2. The molecule has 2 heterocycles. The van der Waals surface area contributed by atoms with E-state index in [2.05, 4.69) is 10.6 Å². The van der Waals surface area contributed by atoms with Gasteiger partial charge in [0.2, 0.25) is 5.91 Å². The van der Waals surface area contributed by atoms with Crippen LogP contribution in [0.25, 0.3) is 0 Å². The number of nitrogens with one attached hydrogen (secondary N) is 2. The van der Waals surface area contributed by atoms with Gasteiger partial charge in [-0.15, -0.1) is 0 Å². The van der Waals surface area contributed by atoms with E-state index in [1.807, 2.05) is 19.1 Å². The standard InChI is InChI=1S/C13H20N2O2/c1-10(9-11-5-4-8-17-11)15-13(16)12-6-2-3-7-14-12/h4-5,8,10,12,14H,2-3,6-7,9H2,1H3,(H,15,16). The predicted molar refractivity (Wildman–Crippen MR) is 65.7 cm³/mol. The molecule has 94 valence electrons. The van der Waals surface area contributed by atoms with Crippen LogP contribution in [0.4, 0.5) is 0 Å². The van der Waals surface area contributed by atoms with E-state index in [0.29, 0.717) is 0 Å². The molecule has 0 spiro atoms. The van der Waals surface area contributed by atoms with Crippen molar-refractivity contribution in [2.24, 2.45) is 0 Å². The van der Waals surface area contributed by atoms with Crippen molar-refractivity contribution in [3.05, 3.63) is 24.2 Å². The lowest BCUT2D eigenvalue weighted by molar-refractivity contribution is -0.124. The Labute approximate surface area is 102 Å². The van der Waals surface area contributed by atoms with Gasteiger partial charge in [-0.05, 0) is 38.4 Å². The normalized spacial score (nSPS) is 22.1. The zero-order valence-electron chi connectivity index (χ0n) is 10.2. The molecule has 2 rings (SSSR count). The Balaban J connectivity index is 1.77. The van der Waals surface area contributed by atoms with Gasteiger partial charge in [-0.2, -0.15) is 0 Å². The number of rotatable bonds is 4. The van der Waals surface area contributed by atoms with Gasteiger partial charge in [-0.25, -0.2) is 0 Å². The van der Waals surface area contributed by atoms with Gasteiger partial charge < -0.3 is 15.1 Å². The monoisotopic (exact) mass is 236 g/mol. The third-order valence-corrected chi connectivity index (χ3v) is 3.10. The van der Waals surface area contributed by atoms with Crippen molar-refractivity contribution in [1.29, 1.82) is 0 Å². The maximum Gasteiger partial charge on any atom is 0.237 e. The number of furan rings is 1. The third kappa shape index (κ3) is 3.60. The van der Waals surface area contributed by atoms with Crippen LogP contribution in [0.3, 0.4) is 0 Å². The molecular formula is C13H20N2O2. The summed E-state index contributed by atoms with van der Waals surface area (Å²) in [7, 11) is 0. The highest BCUT2D eigenvalue weighted by Crippen LogP contribution is 2.08. The van der Waals surface area contributed by atoms with E-state index in [1.54, 1.807) is 6.26 Å². The fourth-order valence-electron chi connectivity index (χ4n) is 2.20. The Bertz CT molecular complexity index is 342. The zero-order chi connectivity index (χ0) is 12.1. The van der Waals surface area contributed by atoms with Crippen molar-refractivity contribution < 1.29 is 9.21 Å². The molecule has 4 nitrogen and oxygen atoms in total. The number of amides is 1. The van der Waals surface area contributed by atoms with Crippen LogP contribution >= 0.6 is 0 Å². The van der Waals surface area contributed by atoms with Crippen molar-refractivity contribution >= 4 is 5.91 Å². The number of piperidine rings is 1. The second kappa shape index (κ2) is 5.87. The lowest BCUT2D eigenvalue weighted by Crippen LogP contribution is -2.49. The van der Waals surface area contributed by atoms with Gasteiger partial charge in [-0.3, -0.25) is 4.79 Å². The maximum atomic E-state index is 11.9. The molecule has 2 unspecified atom stereocenters. The lowest BCUT2D eigenvalue weighted by atomic mass is 10.0. The minimum absolute atomic E-state index is 0.0113. The molecule has 2 atom stereocenters. The van der Waals surface area contributed by atoms with Gasteiger partial charge in [0.1, 0.15) is 5.76 Å². The first-order valence-electron chi connectivity index (χ1n) is 6.32. The van der Waals surface area contributed by atoms with Crippen LogP contribution in [-0.2, 0) is 11.2 Å². The first-order valence-corrected chi connectivity index (χ1v) is 6.32. The second-order valence-electron chi connectivity index (χ2n) is 4.70. The minimum Gasteiger partial charge on any atom is -0.469 e. The van der Waals surface area contributed by atoms with Crippen molar-refractivity contribution in [2.45, 2.75) is 44.7 Å². The smallest absolute Gasteiger partial charge is 0.237 e. The molecule has 1 fully saturated rings. The van der Waals surface area contributed by atoms with E-state index < -0.39 is 0 Å². The summed E-state index contributed by atoms with van der Waals surface area (Å²) in [4.78, 5) is 11.9. The SMILES string of the molecule is CC(Cc1ccco1)NC(=O)C1CCCCN1. The van der Waals surface area contributed by atoms with Crippen molar-refractivity contribution in [3.8, 4) is 0 Å². The topological polar surface area (TPSA) is 54.3 Å². The first kappa shape index (κ1) is 12.2. The quantitative estimate of drug-likeness (QED) is 0.832. The molecule has 1 aromatic heterocycles. The summed E-state index contributed by atoms with van der Waals surface area (Å²) in [6.45, 7) is 2.95. The van der Waals surface area contributed by atoms with E-state index in [9.17, 15) is 4.79 Å². The van der Waals surface area contributed by atoms with Crippen molar-refractivity contribution in [3.63, 3.8) is 0 Å².